The number of nitrogen functional groups attached to an aromatic ring is 1. The zero-order chi connectivity index (χ0) is 12.5. The molecule has 0 aromatic heterocycles. The van der Waals surface area contributed by atoms with Crippen molar-refractivity contribution < 1.29 is 9.13 Å². The van der Waals surface area contributed by atoms with E-state index in [4.69, 9.17) is 10.5 Å². The van der Waals surface area contributed by atoms with Gasteiger partial charge in [-0.1, -0.05) is 0 Å². The first-order valence-electron chi connectivity index (χ1n) is 5.82. The smallest absolute Gasteiger partial charge is 0.125 e. The third kappa shape index (κ3) is 3.36. The van der Waals surface area contributed by atoms with Crippen LogP contribution in [0.15, 0.2) is 23.1 Å². The first-order chi connectivity index (χ1) is 7.96. The Morgan fingerprint density at radius 1 is 1.53 bits per heavy atom. The minimum atomic E-state index is -0.287. The Labute approximate surface area is 106 Å². The number of halogens is 1. The van der Waals surface area contributed by atoms with Gasteiger partial charge in [0.25, 0.3) is 0 Å². The second-order valence-electron chi connectivity index (χ2n) is 5.03. The van der Waals surface area contributed by atoms with Crippen molar-refractivity contribution in [2.45, 2.75) is 43.3 Å². The van der Waals surface area contributed by atoms with Crippen molar-refractivity contribution in [3.05, 3.63) is 24.0 Å². The van der Waals surface area contributed by atoms with Gasteiger partial charge >= 0.3 is 0 Å². The van der Waals surface area contributed by atoms with E-state index in [1.165, 1.54) is 12.1 Å². The normalized spacial score (nSPS) is 22.9. The fourth-order valence-electron chi connectivity index (χ4n) is 2.03. The molecule has 2 nitrogen and oxygen atoms in total. The SMILES string of the molecule is CC1(C)CCC(CSc2ccc(F)cc2N)O1. The highest BCUT2D eigenvalue weighted by atomic mass is 32.2. The van der Waals surface area contributed by atoms with Gasteiger partial charge in [-0.05, 0) is 44.9 Å². The summed E-state index contributed by atoms with van der Waals surface area (Å²) in [7, 11) is 0. The van der Waals surface area contributed by atoms with Gasteiger partial charge in [-0.15, -0.1) is 11.8 Å². The lowest BCUT2D eigenvalue weighted by Crippen LogP contribution is -2.21. The molecule has 94 valence electrons. The Bertz CT molecular complexity index is 408. The topological polar surface area (TPSA) is 35.2 Å². The number of ether oxygens (including phenoxy) is 1. The molecule has 1 saturated heterocycles. The maximum absolute atomic E-state index is 12.9. The Hall–Kier alpha value is -0.740. The molecule has 0 spiro atoms. The second-order valence-corrected chi connectivity index (χ2v) is 6.09. The lowest BCUT2D eigenvalue weighted by molar-refractivity contribution is -0.00466. The molecule has 0 bridgehead atoms. The number of rotatable bonds is 3. The van der Waals surface area contributed by atoms with Gasteiger partial charge in [-0.25, -0.2) is 4.39 Å². The van der Waals surface area contributed by atoms with Crippen LogP contribution in [-0.2, 0) is 4.74 Å². The van der Waals surface area contributed by atoms with E-state index in [-0.39, 0.29) is 17.5 Å². The molecule has 4 heteroatoms. The number of hydrogen-bond donors (Lipinski definition) is 1. The summed E-state index contributed by atoms with van der Waals surface area (Å²) in [6.45, 7) is 4.23. The minimum absolute atomic E-state index is 0.000429. The third-order valence-corrected chi connectivity index (χ3v) is 4.17. The van der Waals surface area contributed by atoms with Crippen molar-refractivity contribution in [3.63, 3.8) is 0 Å². The highest BCUT2D eigenvalue weighted by Gasteiger charge is 2.31. The average molecular weight is 255 g/mol. The molecule has 1 heterocycles. The second kappa shape index (κ2) is 4.86. The molecular weight excluding hydrogens is 237 g/mol. The van der Waals surface area contributed by atoms with E-state index in [0.717, 1.165) is 23.5 Å². The van der Waals surface area contributed by atoms with Crippen LogP contribution >= 0.6 is 11.8 Å². The van der Waals surface area contributed by atoms with E-state index in [2.05, 4.69) is 13.8 Å². The van der Waals surface area contributed by atoms with E-state index in [1.54, 1.807) is 17.8 Å². The van der Waals surface area contributed by atoms with Crippen molar-refractivity contribution in [1.82, 2.24) is 0 Å². The zero-order valence-corrected chi connectivity index (χ0v) is 11.0. The molecule has 0 amide bonds. The fourth-order valence-corrected chi connectivity index (χ4v) is 3.02. The van der Waals surface area contributed by atoms with Crippen molar-refractivity contribution in [3.8, 4) is 0 Å². The van der Waals surface area contributed by atoms with Crippen LogP contribution in [0.25, 0.3) is 0 Å². The number of anilines is 1. The first-order valence-corrected chi connectivity index (χ1v) is 6.80. The van der Waals surface area contributed by atoms with Crippen molar-refractivity contribution in [2.24, 2.45) is 0 Å². The number of nitrogens with two attached hydrogens (primary N) is 1. The monoisotopic (exact) mass is 255 g/mol. The number of hydrogen-bond acceptors (Lipinski definition) is 3. The van der Waals surface area contributed by atoms with E-state index in [1.807, 2.05) is 0 Å². The molecule has 1 unspecified atom stereocenters. The van der Waals surface area contributed by atoms with Gasteiger partial charge in [0.05, 0.1) is 11.7 Å². The summed E-state index contributed by atoms with van der Waals surface area (Å²) in [4.78, 5) is 0.930. The fraction of sp³-hybridized carbons (Fsp3) is 0.538. The predicted octanol–water partition coefficient (Wildman–Crippen LogP) is 3.46. The number of benzene rings is 1. The highest BCUT2D eigenvalue weighted by molar-refractivity contribution is 7.99. The van der Waals surface area contributed by atoms with E-state index in [0.29, 0.717) is 5.69 Å². The summed E-state index contributed by atoms with van der Waals surface area (Å²) in [5.74, 6) is 0.587. The lowest BCUT2D eigenvalue weighted by Gasteiger charge is -2.19. The molecule has 1 aromatic rings. The molecular formula is C13H18FNOS. The molecule has 1 aromatic carbocycles. The molecule has 1 fully saturated rings. The Morgan fingerprint density at radius 3 is 2.88 bits per heavy atom. The molecule has 2 N–H and O–H groups in total. The first kappa shape index (κ1) is 12.7. The summed E-state index contributed by atoms with van der Waals surface area (Å²) >= 11 is 1.64. The van der Waals surface area contributed by atoms with Crippen LogP contribution in [0.2, 0.25) is 0 Å². The molecule has 1 aliphatic rings. The largest absolute Gasteiger partial charge is 0.398 e. The average Bonchev–Trinajstić information content (AvgIpc) is 2.57. The zero-order valence-electron chi connectivity index (χ0n) is 10.2. The van der Waals surface area contributed by atoms with E-state index >= 15 is 0 Å². The molecule has 0 aliphatic carbocycles. The van der Waals surface area contributed by atoms with Crippen LogP contribution in [0.3, 0.4) is 0 Å². The van der Waals surface area contributed by atoms with Gasteiger partial charge < -0.3 is 10.5 Å². The molecule has 0 radical (unpaired) electrons. The summed E-state index contributed by atoms with van der Waals surface area (Å²) < 4.78 is 18.8. The molecule has 1 aliphatic heterocycles. The summed E-state index contributed by atoms with van der Waals surface area (Å²) in [5, 5.41) is 0. The molecule has 17 heavy (non-hydrogen) atoms. The summed E-state index contributed by atoms with van der Waals surface area (Å²) in [6.07, 6.45) is 2.46. The molecule has 0 saturated carbocycles. The van der Waals surface area contributed by atoms with Crippen molar-refractivity contribution in [2.75, 3.05) is 11.5 Å². The van der Waals surface area contributed by atoms with Gasteiger partial charge in [0.2, 0.25) is 0 Å². The lowest BCUT2D eigenvalue weighted by atomic mass is 10.1. The van der Waals surface area contributed by atoms with Crippen LogP contribution in [0.4, 0.5) is 10.1 Å². The molecule has 1 atom stereocenters. The van der Waals surface area contributed by atoms with E-state index < -0.39 is 0 Å². The van der Waals surface area contributed by atoms with Crippen LogP contribution in [-0.4, -0.2) is 17.5 Å². The number of thioether (sulfide) groups is 1. The Morgan fingerprint density at radius 2 is 2.29 bits per heavy atom. The van der Waals surface area contributed by atoms with Gasteiger partial charge in [0, 0.05) is 16.3 Å². The van der Waals surface area contributed by atoms with Gasteiger partial charge in [0.15, 0.2) is 0 Å². The summed E-state index contributed by atoms with van der Waals surface area (Å²) in [6, 6.07) is 4.54. The van der Waals surface area contributed by atoms with Crippen molar-refractivity contribution >= 4 is 17.4 Å². The van der Waals surface area contributed by atoms with Gasteiger partial charge in [-0.2, -0.15) is 0 Å². The maximum atomic E-state index is 12.9. The Kier molecular flexibility index (Phi) is 3.64. The maximum Gasteiger partial charge on any atom is 0.125 e. The highest BCUT2D eigenvalue weighted by Crippen LogP contribution is 2.34. The van der Waals surface area contributed by atoms with Crippen LogP contribution in [0, 0.1) is 5.82 Å². The van der Waals surface area contributed by atoms with E-state index in [9.17, 15) is 4.39 Å². The standard InChI is InChI=1S/C13H18FNOS/c1-13(2)6-5-10(16-13)8-17-12-4-3-9(14)7-11(12)15/h3-4,7,10H,5-6,8,15H2,1-2H3. The van der Waals surface area contributed by atoms with Crippen LogP contribution < -0.4 is 5.73 Å². The predicted molar refractivity (Wildman–Crippen MR) is 69.7 cm³/mol. The Balaban J connectivity index is 1.90. The molecule has 2 rings (SSSR count). The summed E-state index contributed by atoms with van der Waals surface area (Å²) in [5.41, 5.74) is 6.26. The van der Waals surface area contributed by atoms with Crippen LogP contribution in [0.5, 0.6) is 0 Å². The third-order valence-electron chi connectivity index (χ3n) is 2.95. The van der Waals surface area contributed by atoms with Gasteiger partial charge in [0.1, 0.15) is 5.82 Å². The van der Waals surface area contributed by atoms with Crippen molar-refractivity contribution in [1.29, 1.82) is 0 Å². The quantitative estimate of drug-likeness (QED) is 0.663. The van der Waals surface area contributed by atoms with Gasteiger partial charge in [-0.3, -0.25) is 0 Å². The van der Waals surface area contributed by atoms with Crippen LogP contribution in [0.1, 0.15) is 26.7 Å². The minimum Gasteiger partial charge on any atom is -0.398 e.